The minimum atomic E-state index is -1.28. The van der Waals surface area contributed by atoms with Crippen LogP contribution in [-0.2, 0) is 4.79 Å². The Bertz CT molecular complexity index is 489. The molecule has 0 aliphatic heterocycles. The average Bonchev–Trinajstić information content (AvgIpc) is 2.31. The van der Waals surface area contributed by atoms with E-state index in [0.717, 1.165) is 12.1 Å². The lowest BCUT2D eigenvalue weighted by molar-refractivity contribution is -0.139. The van der Waals surface area contributed by atoms with Crippen LogP contribution in [0.2, 0.25) is 0 Å². The first-order valence-corrected chi connectivity index (χ1v) is 5.80. The molecule has 0 aromatic heterocycles. The van der Waals surface area contributed by atoms with Crippen molar-refractivity contribution in [3.05, 3.63) is 35.4 Å². The van der Waals surface area contributed by atoms with Gasteiger partial charge in [0.15, 0.2) is 11.6 Å². The fraction of sp³-hybridized carbons (Fsp3) is 0.385. The molecule has 19 heavy (non-hydrogen) atoms. The van der Waals surface area contributed by atoms with E-state index in [1.54, 1.807) is 13.8 Å². The summed E-state index contributed by atoms with van der Waals surface area (Å²) in [6.07, 6.45) is 0.206. The summed E-state index contributed by atoms with van der Waals surface area (Å²) in [5, 5.41) is 11.1. The number of carboxylic acid groups (broad SMARTS) is 1. The Balaban J connectivity index is 2.88. The molecule has 2 N–H and O–H groups in total. The normalized spacial score (nSPS) is 12.3. The molecule has 1 aromatic rings. The van der Waals surface area contributed by atoms with Crippen molar-refractivity contribution in [1.82, 2.24) is 5.32 Å². The predicted octanol–water partition coefficient (Wildman–Crippen LogP) is 2.19. The molecule has 6 heteroatoms. The maximum absolute atomic E-state index is 13.4. The largest absolute Gasteiger partial charge is 0.480 e. The molecule has 4 nitrogen and oxygen atoms in total. The number of amides is 1. The maximum atomic E-state index is 13.4. The molecule has 1 atom stereocenters. The molecule has 0 unspecified atom stereocenters. The van der Waals surface area contributed by atoms with Crippen molar-refractivity contribution in [2.45, 2.75) is 26.3 Å². The number of halogens is 2. The van der Waals surface area contributed by atoms with Crippen molar-refractivity contribution in [3.63, 3.8) is 0 Å². The van der Waals surface area contributed by atoms with E-state index in [4.69, 9.17) is 5.11 Å². The second-order valence-electron chi connectivity index (χ2n) is 4.60. The summed E-state index contributed by atoms with van der Waals surface area (Å²) < 4.78 is 26.4. The van der Waals surface area contributed by atoms with Gasteiger partial charge in [-0.15, -0.1) is 0 Å². The van der Waals surface area contributed by atoms with E-state index in [1.165, 1.54) is 6.07 Å². The topological polar surface area (TPSA) is 66.4 Å². The molecule has 1 amide bonds. The zero-order chi connectivity index (χ0) is 14.6. The standard InChI is InChI=1S/C13H15F2NO3/c1-7(2)6-10(13(18)19)16-12(17)8-4-3-5-9(14)11(8)15/h3-5,7,10H,6H2,1-2H3,(H,16,17)(H,18,19)/t10-/m1/s1. The summed E-state index contributed by atoms with van der Waals surface area (Å²) in [4.78, 5) is 22.7. The third kappa shape index (κ3) is 4.01. The highest BCUT2D eigenvalue weighted by molar-refractivity contribution is 5.96. The second-order valence-corrected chi connectivity index (χ2v) is 4.60. The molecule has 0 bridgehead atoms. The van der Waals surface area contributed by atoms with Crippen LogP contribution in [0.4, 0.5) is 8.78 Å². The molecule has 0 heterocycles. The number of hydrogen-bond acceptors (Lipinski definition) is 2. The first-order valence-electron chi connectivity index (χ1n) is 5.80. The van der Waals surface area contributed by atoms with E-state index in [2.05, 4.69) is 5.32 Å². The molecule has 0 radical (unpaired) electrons. The molecular formula is C13H15F2NO3. The highest BCUT2D eigenvalue weighted by Crippen LogP contribution is 2.12. The van der Waals surface area contributed by atoms with Crippen LogP contribution in [0.3, 0.4) is 0 Å². The molecule has 104 valence electrons. The zero-order valence-electron chi connectivity index (χ0n) is 10.6. The van der Waals surface area contributed by atoms with Gasteiger partial charge >= 0.3 is 5.97 Å². The molecule has 1 aromatic carbocycles. The summed E-state index contributed by atoms with van der Waals surface area (Å²) in [7, 11) is 0. The minimum absolute atomic E-state index is 0.0405. The zero-order valence-corrected chi connectivity index (χ0v) is 10.6. The number of aliphatic carboxylic acids is 1. The summed E-state index contributed by atoms with van der Waals surface area (Å²) >= 11 is 0. The van der Waals surface area contributed by atoms with Crippen LogP contribution in [0.5, 0.6) is 0 Å². The van der Waals surface area contributed by atoms with Crippen LogP contribution in [-0.4, -0.2) is 23.0 Å². The third-order valence-electron chi connectivity index (χ3n) is 2.51. The van der Waals surface area contributed by atoms with Crippen molar-refractivity contribution in [2.24, 2.45) is 5.92 Å². The Labute approximate surface area is 109 Å². The number of hydrogen-bond donors (Lipinski definition) is 2. The van der Waals surface area contributed by atoms with Crippen LogP contribution in [0.25, 0.3) is 0 Å². The minimum Gasteiger partial charge on any atom is -0.480 e. The molecule has 0 saturated heterocycles. The first kappa shape index (κ1) is 15.1. The van der Waals surface area contributed by atoms with Gasteiger partial charge in [0, 0.05) is 0 Å². The van der Waals surface area contributed by atoms with E-state index >= 15 is 0 Å². The van der Waals surface area contributed by atoms with E-state index in [9.17, 15) is 18.4 Å². The quantitative estimate of drug-likeness (QED) is 0.862. The molecule has 0 aliphatic rings. The first-order chi connectivity index (χ1) is 8.82. The summed E-state index contributed by atoms with van der Waals surface area (Å²) in [5.74, 6) is -4.54. The summed E-state index contributed by atoms with van der Waals surface area (Å²) in [6.45, 7) is 3.59. The molecule has 0 aliphatic carbocycles. The van der Waals surface area contributed by atoms with Gasteiger partial charge in [-0.25, -0.2) is 13.6 Å². The fourth-order valence-electron chi connectivity index (χ4n) is 1.61. The number of benzene rings is 1. The van der Waals surface area contributed by atoms with Crippen molar-refractivity contribution in [3.8, 4) is 0 Å². The monoisotopic (exact) mass is 271 g/mol. The predicted molar refractivity (Wildman–Crippen MR) is 64.7 cm³/mol. The van der Waals surface area contributed by atoms with Crippen molar-refractivity contribution in [2.75, 3.05) is 0 Å². The number of nitrogens with one attached hydrogen (secondary N) is 1. The van der Waals surface area contributed by atoms with Gasteiger partial charge < -0.3 is 10.4 Å². The molecule has 0 saturated carbocycles. The Morgan fingerprint density at radius 1 is 1.32 bits per heavy atom. The van der Waals surface area contributed by atoms with E-state index < -0.39 is 35.1 Å². The van der Waals surface area contributed by atoms with Gasteiger partial charge in [0.1, 0.15) is 6.04 Å². The Morgan fingerprint density at radius 3 is 2.47 bits per heavy atom. The summed E-state index contributed by atoms with van der Waals surface area (Å²) in [5.41, 5.74) is -0.505. The van der Waals surface area contributed by atoms with Crippen LogP contribution in [0.1, 0.15) is 30.6 Å². The third-order valence-corrected chi connectivity index (χ3v) is 2.51. The highest BCUT2D eigenvalue weighted by atomic mass is 19.2. The van der Waals surface area contributed by atoms with Gasteiger partial charge in [-0.05, 0) is 24.5 Å². The highest BCUT2D eigenvalue weighted by Gasteiger charge is 2.23. The second kappa shape index (κ2) is 6.26. The lowest BCUT2D eigenvalue weighted by Gasteiger charge is -2.16. The Hall–Kier alpha value is -1.98. The molecule has 1 rings (SSSR count). The smallest absolute Gasteiger partial charge is 0.326 e. The Kier molecular flexibility index (Phi) is 4.97. The molecule has 0 fully saturated rings. The van der Waals surface area contributed by atoms with Crippen molar-refractivity contribution >= 4 is 11.9 Å². The number of carboxylic acids is 1. The van der Waals surface area contributed by atoms with Gasteiger partial charge in [-0.3, -0.25) is 4.79 Å². The van der Waals surface area contributed by atoms with E-state index in [-0.39, 0.29) is 12.3 Å². The van der Waals surface area contributed by atoms with Gasteiger partial charge in [0.25, 0.3) is 5.91 Å². The van der Waals surface area contributed by atoms with E-state index in [0.29, 0.717) is 0 Å². The number of carbonyl (C=O) groups excluding carboxylic acids is 1. The van der Waals surface area contributed by atoms with Crippen LogP contribution < -0.4 is 5.32 Å². The molecular weight excluding hydrogens is 256 g/mol. The van der Waals surface area contributed by atoms with Crippen molar-refractivity contribution < 1.29 is 23.5 Å². The van der Waals surface area contributed by atoms with Gasteiger partial charge in [0.2, 0.25) is 0 Å². The lowest BCUT2D eigenvalue weighted by Crippen LogP contribution is -2.42. The number of rotatable bonds is 5. The van der Waals surface area contributed by atoms with Gasteiger partial charge in [-0.2, -0.15) is 0 Å². The van der Waals surface area contributed by atoms with Gasteiger partial charge in [0.05, 0.1) is 5.56 Å². The number of carbonyl (C=O) groups is 2. The Morgan fingerprint density at radius 2 is 1.95 bits per heavy atom. The van der Waals surface area contributed by atoms with Crippen LogP contribution in [0.15, 0.2) is 18.2 Å². The molecule has 0 spiro atoms. The fourth-order valence-corrected chi connectivity index (χ4v) is 1.61. The maximum Gasteiger partial charge on any atom is 0.326 e. The van der Waals surface area contributed by atoms with Gasteiger partial charge in [-0.1, -0.05) is 19.9 Å². The van der Waals surface area contributed by atoms with Crippen LogP contribution in [0, 0.1) is 17.6 Å². The lowest BCUT2D eigenvalue weighted by atomic mass is 10.0. The van der Waals surface area contributed by atoms with E-state index in [1.807, 2.05) is 0 Å². The summed E-state index contributed by atoms with van der Waals surface area (Å²) in [6, 6.07) is 2.04. The van der Waals surface area contributed by atoms with Crippen LogP contribution >= 0.6 is 0 Å². The SMILES string of the molecule is CC(C)C[C@@H](NC(=O)c1cccc(F)c1F)C(=O)O. The van der Waals surface area contributed by atoms with Crippen molar-refractivity contribution in [1.29, 1.82) is 0 Å². The average molecular weight is 271 g/mol.